The summed E-state index contributed by atoms with van der Waals surface area (Å²) in [4.78, 5) is 33.8. The maximum absolute atomic E-state index is 12.0. The summed E-state index contributed by atoms with van der Waals surface area (Å²) in [5.74, 6) is -1.65. The zero-order valence-corrected chi connectivity index (χ0v) is 11.2. The molecule has 2 aliphatic rings. The zero-order chi connectivity index (χ0) is 14.7. The van der Waals surface area contributed by atoms with Crippen molar-refractivity contribution in [1.29, 1.82) is 0 Å². The number of amides is 2. The molecule has 2 fully saturated rings. The Morgan fingerprint density at radius 1 is 1.00 bits per heavy atom. The highest BCUT2D eigenvalue weighted by Crippen LogP contribution is 2.25. The molecule has 0 radical (unpaired) electrons. The second-order valence-electron chi connectivity index (χ2n) is 5.49. The summed E-state index contributed by atoms with van der Waals surface area (Å²) in [6.07, 6.45) is 2.04. The van der Waals surface area contributed by atoms with Gasteiger partial charge >= 0.3 is 5.97 Å². The Kier molecular flexibility index (Phi) is 4.59. The highest BCUT2D eigenvalue weighted by molar-refractivity contribution is 5.83. The van der Waals surface area contributed by atoms with Crippen molar-refractivity contribution in [2.24, 2.45) is 11.7 Å². The van der Waals surface area contributed by atoms with Crippen LogP contribution in [-0.2, 0) is 19.1 Å². The lowest BCUT2D eigenvalue weighted by molar-refractivity contribution is -0.152. The number of carboxylic acid groups (broad SMARTS) is 1. The molecule has 7 nitrogen and oxygen atoms in total. The van der Waals surface area contributed by atoms with Crippen LogP contribution in [0.25, 0.3) is 0 Å². The van der Waals surface area contributed by atoms with E-state index in [0.717, 1.165) is 0 Å². The van der Waals surface area contributed by atoms with Crippen LogP contribution in [0.4, 0.5) is 0 Å². The van der Waals surface area contributed by atoms with Gasteiger partial charge in [-0.25, -0.2) is 4.79 Å². The van der Waals surface area contributed by atoms with Gasteiger partial charge in [0, 0.05) is 12.0 Å². The lowest BCUT2D eigenvalue weighted by Crippen LogP contribution is -2.44. The molecule has 1 saturated carbocycles. The Morgan fingerprint density at radius 3 is 2.10 bits per heavy atom. The number of ether oxygens (including phenoxy) is 1. The number of nitrogens with one attached hydrogen (secondary N) is 1. The second kappa shape index (κ2) is 6.21. The monoisotopic (exact) mass is 284 g/mol. The average Bonchev–Trinajstić information content (AvgIpc) is 2.89. The van der Waals surface area contributed by atoms with Crippen LogP contribution in [0.15, 0.2) is 0 Å². The normalized spacial score (nSPS) is 33.6. The van der Waals surface area contributed by atoms with E-state index in [1.165, 1.54) is 0 Å². The van der Waals surface area contributed by atoms with Gasteiger partial charge in [-0.3, -0.25) is 9.59 Å². The maximum atomic E-state index is 12.0. The summed E-state index contributed by atoms with van der Waals surface area (Å²) < 4.78 is 5.20. The van der Waals surface area contributed by atoms with Gasteiger partial charge in [0.05, 0.1) is 0 Å². The highest BCUT2D eigenvalue weighted by atomic mass is 16.5. The number of hydrogen-bond acceptors (Lipinski definition) is 4. The standard InChI is InChI=1S/C13H20N2O5/c14-11(16)7-1-3-8(4-2-7)15-12(17)9-5-6-10(20-9)13(18)19/h7-10H,1-6H2,(H2,14,16)(H,15,17)(H,18,19). The molecular formula is C13H20N2O5. The number of primary amides is 1. The third kappa shape index (κ3) is 3.47. The molecule has 0 aromatic rings. The van der Waals surface area contributed by atoms with Gasteiger partial charge < -0.3 is 20.9 Å². The summed E-state index contributed by atoms with van der Waals surface area (Å²) in [5.41, 5.74) is 5.26. The molecule has 0 bridgehead atoms. The zero-order valence-electron chi connectivity index (χ0n) is 11.2. The SMILES string of the molecule is NC(=O)C1CCC(NC(=O)C2CCC(C(=O)O)O2)CC1. The van der Waals surface area contributed by atoms with Crippen molar-refractivity contribution in [2.45, 2.75) is 56.8 Å². The fraction of sp³-hybridized carbons (Fsp3) is 0.769. The van der Waals surface area contributed by atoms with Crippen molar-refractivity contribution in [1.82, 2.24) is 5.32 Å². The Bertz CT molecular complexity index is 404. The fourth-order valence-electron chi connectivity index (χ4n) is 2.83. The Labute approximate surface area is 116 Å². The maximum Gasteiger partial charge on any atom is 0.332 e. The third-order valence-corrected chi connectivity index (χ3v) is 4.06. The van der Waals surface area contributed by atoms with Gasteiger partial charge in [0.1, 0.15) is 6.10 Å². The van der Waals surface area contributed by atoms with Crippen LogP contribution < -0.4 is 11.1 Å². The van der Waals surface area contributed by atoms with E-state index in [1.807, 2.05) is 0 Å². The fourth-order valence-corrected chi connectivity index (χ4v) is 2.83. The van der Waals surface area contributed by atoms with Gasteiger partial charge in [0.2, 0.25) is 11.8 Å². The van der Waals surface area contributed by atoms with Crippen LogP contribution in [0, 0.1) is 5.92 Å². The molecule has 1 aliphatic heterocycles. The van der Waals surface area contributed by atoms with Gasteiger partial charge in [-0.2, -0.15) is 0 Å². The van der Waals surface area contributed by atoms with Gasteiger partial charge in [0.15, 0.2) is 6.10 Å². The predicted molar refractivity (Wildman–Crippen MR) is 68.6 cm³/mol. The number of aliphatic carboxylic acids is 1. The van der Waals surface area contributed by atoms with Gasteiger partial charge in [-0.05, 0) is 38.5 Å². The predicted octanol–water partition coefficient (Wildman–Crippen LogP) is -0.221. The molecule has 7 heteroatoms. The number of carbonyl (C=O) groups is 3. The minimum absolute atomic E-state index is 0.0191. The summed E-state index contributed by atoms with van der Waals surface area (Å²) in [5, 5.41) is 11.7. The van der Waals surface area contributed by atoms with Crippen LogP contribution in [0.2, 0.25) is 0 Å². The van der Waals surface area contributed by atoms with Crippen molar-refractivity contribution in [3.05, 3.63) is 0 Å². The van der Waals surface area contributed by atoms with Crippen LogP contribution in [0.1, 0.15) is 38.5 Å². The van der Waals surface area contributed by atoms with Crippen LogP contribution in [-0.4, -0.2) is 41.1 Å². The molecule has 112 valence electrons. The highest BCUT2D eigenvalue weighted by Gasteiger charge is 2.36. The van der Waals surface area contributed by atoms with Gasteiger partial charge in [0.25, 0.3) is 0 Å². The van der Waals surface area contributed by atoms with E-state index in [0.29, 0.717) is 38.5 Å². The molecule has 20 heavy (non-hydrogen) atoms. The largest absolute Gasteiger partial charge is 0.479 e. The van der Waals surface area contributed by atoms with Crippen LogP contribution in [0.3, 0.4) is 0 Å². The number of hydrogen-bond donors (Lipinski definition) is 3. The molecule has 1 saturated heterocycles. The number of rotatable bonds is 4. The van der Waals surface area contributed by atoms with E-state index in [-0.39, 0.29) is 23.8 Å². The number of carbonyl (C=O) groups excluding carboxylic acids is 2. The van der Waals surface area contributed by atoms with Crippen molar-refractivity contribution >= 4 is 17.8 Å². The van der Waals surface area contributed by atoms with Crippen LogP contribution >= 0.6 is 0 Å². The number of nitrogens with two attached hydrogens (primary N) is 1. The first-order valence-electron chi connectivity index (χ1n) is 6.95. The third-order valence-electron chi connectivity index (χ3n) is 4.06. The minimum Gasteiger partial charge on any atom is -0.479 e. The van der Waals surface area contributed by atoms with E-state index in [1.54, 1.807) is 0 Å². The van der Waals surface area contributed by atoms with Crippen molar-refractivity contribution in [2.75, 3.05) is 0 Å². The van der Waals surface area contributed by atoms with Crippen molar-refractivity contribution in [3.8, 4) is 0 Å². The van der Waals surface area contributed by atoms with E-state index < -0.39 is 18.2 Å². The summed E-state index contributed by atoms with van der Waals surface area (Å²) in [6, 6.07) is 0.0191. The molecule has 2 atom stereocenters. The van der Waals surface area contributed by atoms with E-state index in [9.17, 15) is 14.4 Å². The Morgan fingerprint density at radius 2 is 1.60 bits per heavy atom. The summed E-state index contributed by atoms with van der Waals surface area (Å²) >= 11 is 0. The second-order valence-corrected chi connectivity index (χ2v) is 5.49. The minimum atomic E-state index is -1.03. The van der Waals surface area contributed by atoms with Gasteiger partial charge in [-0.1, -0.05) is 0 Å². The van der Waals surface area contributed by atoms with Crippen molar-refractivity contribution in [3.63, 3.8) is 0 Å². The first kappa shape index (κ1) is 14.8. The Hall–Kier alpha value is -1.63. The molecule has 2 amide bonds. The number of carboxylic acids is 1. The molecule has 1 heterocycles. The quantitative estimate of drug-likeness (QED) is 0.659. The lowest BCUT2D eigenvalue weighted by Gasteiger charge is -2.28. The molecular weight excluding hydrogens is 264 g/mol. The average molecular weight is 284 g/mol. The summed E-state index contributed by atoms with van der Waals surface area (Å²) in [6.45, 7) is 0. The first-order chi connectivity index (χ1) is 9.47. The van der Waals surface area contributed by atoms with E-state index in [2.05, 4.69) is 5.32 Å². The molecule has 4 N–H and O–H groups in total. The van der Waals surface area contributed by atoms with Crippen LogP contribution in [0.5, 0.6) is 0 Å². The molecule has 0 spiro atoms. The van der Waals surface area contributed by atoms with E-state index in [4.69, 9.17) is 15.6 Å². The topological polar surface area (TPSA) is 119 Å². The first-order valence-corrected chi connectivity index (χ1v) is 6.95. The molecule has 1 aliphatic carbocycles. The lowest BCUT2D eigenvalue weighted by atomic mass is 9.85. The van der Waals surface area contributed by atoms with Crippen molar-refractivity contribution < 1.29 is 24.2 Å². The van der Waals surface area contributed by atoms with E-state index >= 15 is 0 Å². The Balaban J connectivity index is 1.76. The summed E-state index contributed by atoms with van der Waals surface area (Å²) in [7, 11) is 0. The molecule has 0 aromatic heterocycles. The molecule has 2 unspecified atom stereocenters. The molecule has 2 rings (SSSR count). The van der Waals surface area contributed by atoms with Gasteiger partial charge in [-0.15, -0.1) is 0 Å². The smallest absolute Gasteiger partial charge is 0.332 e. The molecule has 0 aromatic carbocycles.